The highest BCUT2D eigenvalue weighted by Crippen LogP contribution is 2.13. The maximum Gasteiger partial charge on any atom is 0.490 e. The molecule has 196 valence electrons. The molecular weight excluding hydrogens is 494 g/mol. The molecule has 1 amide bonds. The van der Waals surface area contributed by atoms with Gasteiger partial charge < -0.3 is 31.6 Å². The summed E-state index contributed by atoms with van der Waals surface area (Å²) >= 11 is 0. The average Bonchev–Trinajstić information content (AvgIpc) is 2.76. The Hall–Kier alpha value is -4.43. The Labute approximate surface area is 201 Å². The van der Waals surface area contributed by atoms with Crippen molar-refractivity contribution in [2.45, 2.75) is 31.6 Å². The highest BCUT2D eigenvalue weighted by molar-refractivity contribution is 5.96. The lowest BCUT2D eigenvalue weighted by atomic mass is 10.1. The summed E-state index contributed by atoms with van der Waals surface area (Å²) in [5, 5.41) is 18.8. The number of alkyl halides is 3. The number of hydrogen-bond donors (Lipinski definition) is 5. The van der Waals surface area contributed by atoms with Crippen LogP contribution in [-0.2, 0) is 16.1 Å². The molecule has 2 aromatic rings. The van der Waals surface area contributed by atoms with Crippen LogP contribution in [0.1, 0.15) is 28.8 Å². The first kappa shape index (κ1) is 29.6. The Balaban J connectivity index is 0.000000809. The van der Waals surface area contributed by atoms with E-state index in [0.717, 1.165) is 0 Å². The number of amides is 1. The van der Waals surface area contributed by atoms with Gasteiger partial charge in [-0.25, -0.2) is 14.0 Å². The van der Waals surface area contributed by atoms with Gasteiger partial charge in [0.1, 0.15) is 17.4 Å². The van der Waals surface area contributed by atoms with E-state index < -0.39 is 41.4 Å². The number of nitrogens with zero attached hydrogens (tertiary/aromatic N) is 2. The lowest BCUT2D eigenvalue weighted by Gasteiger charge is -2.14. The fraction of sp³-hybridized carbons (Fsp3) is 0.286. The second kappa shape index (κ2) is 13.5. The molecule has 0 saturated heterocycles. The van der Waals surface area contributed by atoms with Gasteiger partial charge in [0.2, 0.25) is 0 Å². The van der Waals surface area contributed by atoms with Gasteiger partial charge in [-0.1, -0.05) is 12.1 Å². The van der Waals surface area contributed by atoms with Gasteiger partial charge in [-0.3, -0.25) is 14.6 Å². The van der Waals surface area contributed by atoms with Gasteiger partial charge in [0, 0.05) is 12.7 Å². The van der Waals surface area contributed by atoms with Crippen LogP contribution in [-0.4, -0.2) is 57.3 Å². The number of rotatable bonds is 9. The van der Waals surface area contributed by atoms with E-state index in [1.807, 2.05) is 0 Å². The number of benzene rings is 1. The number of nitrogens with two attached hydrogens (primary N) is 2. The quantitative estimate of drug-likeness (QED) is 0.140. The van der Waals surface area contributed by atoms with Crippen molar-refractivity contribution in [3.63, 3.8) is 0 Å². The largest absolute Gasteiger partial charge is 0.490 e. The van der Waals surface area contributed by atoms with E-state index in [2.05, 4.69) is 10.3 Å². The standard InChI is InChI=1S/C19H22FN5O4.C2HF3O2/c20-13-5-1-4-12(10-13)11-25-9-3-6-14(17(25)27)16(26)24-15(18(28)29)7-2-8-23-19(21)22;3-2(4,5)1(6)7/h1,3-6,9-10,15H,2,7-8,11H2,(H,24,26)(H,28,29)(H4,21,22,23);(H,6,7)/t15-;/m0./s1. The molecule has 0 aliphatic rings. The lowest BCUT2D eigenvalue weighted by Crippen LogP contribution is -2.43. The van der Waals surface area contributed by atoms with E-state index in [9.17, 15) is 37.1 Å². The minimum Gasteiger partial charge on any atom is -0.480 e. The van der Waals surface area contributed by atoms with E-state index in [0.29, 0.717) is 12.0 Å². The van der Waals surface area contributed by atoms with Crippen molar-refractivity contribution in [3.05, 3.63) is 69.9 Å². The van der Waals surface area contributed by atoms with Crippen LogP contribution in [0.25, 0.3) is 0 Å². The van der Waals surface area contributed by atoms with E-state index in [1.165, 1.54) is 41.1 Å². The van der Waals surface area contributed by atoms with Gasteiger partial charge in [-0.15, -0.1) is 0 Å². The topological polar surface area (TPSA) is 190 Å². The summed E-state index contributed by atoms with van der Waals surface area (Å²) in [6, 6.07) is 7.34. The zero-order valence-corrected chi connectivity index (χ0v) is 18.5. The number of aliphatic imine (C=N–C) groups is 1. The molecule has 0 aliphatic heterocycles. The Kier molecular flexibility index (Phi) is 11.1. The zero-order valence-electron chi connectivity index (χ0n) is 18.5. The van der Waals surface area contributed by atoms with Crippen LogP contribution < -0.4 is 22.3 Å². The number of carbonyl (C=O) groups excluding carboxylic acids is 1. The van der Waals surface area contributed by atoms with E-state index >= 15 is 0 Å². The van der Waals surface area contributed by atoms with E-state index in [4.69, 9.17) is 21.4 Å². The van der Waals surface area contributed by atoms with Crippen LogP contribution in [0.5, 0.6) is 0 Å². The highest BCUT2D eigenvalue weighted by atomic mass is 19.4. The molecule has 0 unspecified atom stereocenters. The SMILES string of the molecule is NC(N)=NCCC[C@H](NC(=O)c1cccn(Cc2cccc(F)c2)c1=O)C(=O)O.O=C(O)C(F)(F)F. The number of carbonyl (C=O) groups is 3. The minimum atomic E-state index is -5.08. The third-order valence-corrected chi connectivity index (χ3v) is 4.30. The Bertz CT molecular complexity index is 1160. The fourth-order valence-corrected chi connectivity index (χ4v) is 2.66. The molecule has 0 aliphatic carbocycles. The fourth-order valence-electron chi connectivity index (χ4n) is 2.66. The third-order valence-electron chi connectivity index (χ3n) is 4.30. The number of carboxylic acid groups (broad SMARTS) is 2. The molecule has 36 heavy (non-hydrogen) atoms. The van der Waals surface area contributed by atoms with Crippen molar-refractivity contribution in [3.8, 4) is 0 Å². The predicted octanol–water partition coefficient (Wildman–Crippen LogP) is 0.906. The number of carboxylic acids is 2. The third kappa shape index (κ3) is 10.2. The molecule has 1 aromatic heterocycles. The first-order chi connectivity index (χ1) is 16.7. The summed E-state index contributed by atoms with van der Waals surface area (Å²) in [5.74, 6) is -5.34. The Morgan fingerprint density at radius 1 is 1.11 bits per heavy atom. The summed E-state index contributed by atoms with van der Waals surface area (Å²) in [4.78, 5) is 49.1. The molecule has 0 fully saturated rings. The van der Waals surface area contributed by atoms with Crippen LogP contribution in [0.3, 0.4) is 0 Å². The molecule has 11 nitrogen and oxygen atoms in total. The lowest BCUT2D eigenvalue weighted by molar-refractivity contribution is -0.192. The average molecular weight is 517 g/mol. The molecule has 7 N–H and O–H groups in total. The molecule has 1 heterocycles. The summed E-state index contributed by atoms with van der Waals surface area (Å²) in [7, 11) is 0. The normalized spacial score (nSPS) is 11.4. The van der Waals surface area contributed by atoms with Gasteiger partial charge in [-0.05, 0) is 42.7 Å². The number of pyridine rings is 1. The molecule has 1 aromatic carbocycles. The number of halogens is 4. The summed E-state index contributed by atoms with van der Waals surface area (Å²) in [5.41, 5.74) is 10.1. The molecule has 1 atom stereocenters. The zero-order chi connectivity index (χ0) is 27.5. The van der Waals surface area contributed by atoms with E-state index in [-0.39, 0.29) is 31.0 Å². The van der Waals surface area contributed by atoms with Gasteiger partial charge >= 0.3 is 18.1 Å². The number of guanidine groups is 1. The molecular formula is C21H23F4N5O6. The molecule has 15 heteroatoms. The second-order valence-corrected chi connectivity index (χ2v) is 7.10. The van der Waals surface area contributed by atoms with E-state index in [1.54, 1.807) is 6.07 Å². The van der Waals surface area contributed by atoms with Crippen molar-refractivity contribution in [1.82, 2.24) is 9.88 Å². The van der Waals surface area contributed by atoms with Crippen molar-refractivity contribution in [2.75, 3.05) is 6.54 Å². The van der Waals surface area contributed by atoms with Crippen molar-refractivity contribution in [1.29, 1.82) is 0 Å². The van der Waals surface area contributed by atoms with Crippen LogP contribution in [0.4, 0.5) is 17.6 Å². The highest BCUT2D eigenvalue weighted by Gasteiger charge is 2.38. The maximum absolute atomic E-state index is 13.3. The first-order valence-corrected chi connectivity index (χ1v) is 10.1. The van der Waals surface area contributed by atoms with Crippen LogP contribution in [0, 0.1) is 5.82 Å². The van der Waals surface area contributed by atoms with Gasteiger partial charge in [0.05, 0.1) is 6.54 Å². The van der Waals surface area contributed by atoms with Crippen LogP contribution in [0.15, 0.2) is 52.4 Å². The van der Waals surface area contributed by atoms with Crippen molar-refractivity contribution in [2.24, 2.45) is 16.5 Å². The summed E-state index contributed by atoms with van der Waals surface area (Å²) < 4.78 is 46.3. The van der Waals surface area contributed by atoms with Gasteiger partial charge in [-0.2, -0.15) is 13.2 Å². The van der Waals surface area contributed by atoms with Crippen molar-refractivity contribution < 1.29 is 42.2 Å². The molecule has 2 rings (SSSR count). The smallest absolute Gasteiger partial charge is 0.480 e. The molecule has 0 radical (unpaired) electrons. The van der Waals surface area contributed by atoms with Crippen LogP contribution >= 0.6 is 0 Å². The predicted molar refractivity (Wildman–Crippen MR) is 119 cm³/mol. The number of aromatic nitrogens is 1. The Morgan fingerprint density at radius 2 is 1.75 bits per heavy atom. The summed E-state index contributed by atoms with van der Waals surface area (Å²) in [6.07, 6.45) is -3.20. The van der Waals surface area contributed by atoms with Crippen molar-refractivity contribution >= 4 is 23.8 Å². The molecule has 0 spiro atoms. The van der Waals surface area contributed by atoms with Gasteiger partial charge in [0.25, 0.3) is 11.5 Å². The molecule has 0 saturated carbocycles. The van der Waals surface area contributed by atoms with Crippen LogP contribution in [0.2, 0.25) is 0 Å². The summed E-state index contributed by atoms with van der Waals surface area (Å²) in [6.45, 7) is 0.284. The second-order valence-electron chi connectivity index (χ2n) is 7.10. The first-order valence-electron chi connectivity index (χ1n) is 10.1. The number of aliphatic carboxylic acids is 2. The maximum atomic E-state index is 13.3. The minimum absolute atomic E-state index is 0.0680. The van der Waals surface area contributed by atoms with Gasteiger partial charge in [0.15, 0.2) is 5.96 Å². The monoisotopic (exact) mass is 517 g/mol. The number of hydrogen-bond acceptors (Lipinski definition) is 5. The Morgan fingerprint density at radius 3 is 2.28 bits per heavy atom. The number of nitrogens with one attached hydrogen (secondary N) is 1. The molecule has 0 bridgehead atoms.